The summed E-state index contributed by atoms with van der Waals surface area (Å²) in [4.78, 5) is 36.1. The van der Waals surface area contributed by atoms with E-state index in [9.17, 15) is 18.0 Å². The number of nitrogens with one attached hydrogen (secondary N) is 2. The number of carbonyl (C=O) groups is 2. The van der Waals surface area contributed by atoms with Crippen molar-refractivity contribution in [2.24, 2.45) is 11.7 Å². The highest BCUT2D eigenvalue weighted by atomic mass is 35.5. The lowest BCUT2D eigenvalue weighted by Gasteiger charge is -2.35. The number of esters is 1. The van der Waals surface area contributed by atoms with E-state index in [1.165, 1.54) is 25.1 Å². The van der Waals surface area contributed by atoms with Crippen molar-refractivity contribution in [3.63, 3.8) is 0 Å². The molecule has 2 aromatic heterocycles. The number of halogens is 1. The molecular weight excluding hydrogens is 522 g/mol. The summed E-state index contributed by atoms with van der Waals surface area (Å²) in [7, 11) is 1.47. The van der Waals surface area contributed by atoms with Crippen LogP contribution in [0.25, 0.3) is 11.0 Å². The van der Waals surface area contributed by atoms with Crippen molar-refractivity contribution in [2.75, 3.05) is 38.4 Å². The van der Waals surface area contributed by atoms with Gasteiger partial charge in [0.15, 0.2) is 5.65 Å². The molecule has 1 fully saturated rings. The summed E-state index contributed by atoms with van der Waals surface area (Å²) in [5, 5.41) is 3.46. The van der Waals surface area contributed by atoms with Crippen molar-refractivity contribution >= 4 is 51.3 Å². The van der Waals surface area contributed by atoms with Gasteiger partial charge in [0, 0.05) is 19.3 Å². The van der Waals surface area contributed by atoms with E-state index in [1.807, 2.05) is 7.05 Å². The Morgan fingerprint density at radius 2 is 1.95 bits per heavy atom. The van der Waals surface area contributed by atoms with E-state index in [-0.39, 0.29) is 30.1 Å². The van der Waals surface area contributed by atoms with Crippen molar-refractivity contribution < 1.29 is 22.7 Å². The van der Waals surface area contributed by atoms with Crippen LogP contribution in [0.4, 0.5) is 10.6 Å². The first kappa shape index (κ1) is 30.7. The largest absolute Gasteiger partial charge is 0.467 e. The molecule has 208 valence electrons. The standard InChI is InChI=1S/C23H37N7O5S.ClH/c1-25-36(33,34)14-16-7-9-17(10-8-16)29(2)20-18-11-13-30(21(18)27-15-26-20)23(32)28-19(22(31)35-3)6-4-5-12-24;/h11,13,15-17,19,25H,4-10,12,14,24H2,1-3H3,(H,28,32);1H/t16-,17-,19-;/m0./s1. The summed E-state index contributed by atoms with van der Waals surface area (Å²) in [6.07, 6.45) is 8.19. The minimum atomic E-state index is -3.23. The Hall–Kier alpha value is -2.48. The number of amides is 1. The lowest BCUT2D eigenvalue weighted by Crippen LogP contribution is -2.43. The summed E-state index contributed by atoms with van der Waals surface area (Å²) in [6, 6.07) is 0.720. The molecule has 0 spiro atoms. The number of nitrogens with two attached hydrogens (primary N) is 1. The lowest BCUT2D eigenvalue weighted by atomic mass is 9.86. The predicted molar refractivity (Wildman–Crippen MR) is 144 cm³/mol. The number of hydrogen-bond acceptors (Lipinski definition) is 9. The fourth-order valence-electron chi connectivity index (χ4n) is 4.75. The zero-order valence-electron chi connectivity index (χ0n) is 21.6. The van der Waals surface area contributed by atoms with Crippen LogP contribution in [-0.2, 0) is 19.6 Å². The van der Waals surface area contributed by atoms with Gasteiger partial charge in [0.1, 0.15) is 18.2 Å². The minimum absolute atomic E-state index is 0. The molecule has 0 radical (unpaired) electrons. The van der Waals surface area contributed by atoms with Gasteiger partial charge >= 0.3 is 12.0 Å². The third kappa shape index (κ3) is 7.76. The van der Waals surface area contributed by atoms with Gasteiger partial charge in [-0.15, -0.1) is 12.4 Å². The first-order chi connectivity index (χ1) is 17.2. The van der Waals surface area contributed by atoms with Gasteiger partial charge in [-0.05, 0) is 70.5 Å². The van der Waals surface area contributed by atoms with Crippen molar-refractivity contribution in [3.05, 3.63) is 18.6 Å². The third-order valence-electron chi connectivity index (χ3n) is 6.87. The van der Waals surface area contributed by atoms with Crippen LogP contribution in [0.15, 0.2) is 18.6 Å². The molecule has 3 rings (SSSR count). The molecule has 0 unspecified atom stereocenters. The number of unbranched alkanes of at least 4 members (excludes halogenated alkanes) is 1. The monoisotopic (exact) mass is 559 g/mol. The van der Waals surface area contributed by atoms with Crippen LogP contribution in [0, 0.1) is 5.92 Å². The maximum absolute atomic E-state index is 13.0. The second-order valence-corrected chi connectivity index (χ2v) is 11.2. The lowest BCUT2D eigenvalue weighted by molar-refractivity contribution is -0.143. The second-order valence-electron chi connectivity index (χ2n) is 9.20. The van der Waals surface area contributed by atoms with Gasteiger partial charge in [-0.25, -0.2) is 32.7 Å². The first-order valence-electron chi connectivity index (χ1n) is 12.3. The van der Waals surface area contributed by atoms with Crippen molar-refractivity contribution in [3.8, 4) is 0 Å². The third-order valence-corrected chi connectivity index (χ3v) is 8.41. The van der Waals surface area contributed by atoms with E-state index < -0.39 is 28.1 Å². The van der Waals surface area contributed by atoms with Gasteiger partial charge in [-0.2, -0.15) is 0 Å². The van der Waals surface area contributed by atoms with Crippen LogP contribution in [-0.4, -0.2) is 80.5 Å². The number of sulfonamides is 1. The highest BCUT2D eigenvalue weighted by Gasteiger charge is 2.29. The Balaban J connectivity index is 0.00000481. The number of methoxy groups -OCH3 is 1. The molecule has 1 atom stereocenters. The fourth-order valence-corrected chi connectivity index (χ4v) is 5.87. The van der Waals surface area contributed by atoms with Gasteiger partial charge in [0.2, 0.25) is 10.0 Å². The van der Waals surface area contributed by atoms with Crippen LogP contribution in [0.3, 0.4) is 0 Å². The zero-order chi connectivity index (χ0) is 26.3. The van der Waals surface area contributed by atoms with Crippen molar-refractivity contribution in [2.45, 2.75) is 57.0 Å². The van der Waals surface area contributed by atoms with Crippen molar-refractivity contribution in [1.82, 2.24) is 24.6 Å². The molecule has 12 nitrogen and oxygen atoms in total. The number of aromatic nitrogens is 3. The van der Waals surface area contributed by atoms with E-state index in [0.717, 1.165) is 32.1 Å². The molecule has 4 N–H and O–H groups in total. The molecule has 0 aliphatic heterocycles. The molecule has 1 aliphatic rings. The molecule has 2 aromatic rings. The normalized spacial score (nSPS) is 18.6. The molecule has 2 heterocycles. The number of ether oxygens (including phenoxy) is 1. The van der Waals surface area contributed by atoms with Gasteiger partial charge in [0.05, 0.1) is 18.2 Å². The van der Waals surface area contributed by atoms with Crippen molar-refractivity contribution in [1.29, 1.82) is 0 Å². The van der Waals surface area contributed by atoms with Crippen LogP contribution >= 0.6 is 12.4 Å². The quantitative estimate of drug-likeness (QED) is 0.274. The molecule has 1 saturated carbocycles. The molecule has 0 aromatic carbocycles. The summed E-state index contributed by atoms with van der Waals surface area (Å²) in [5.41, 5.74) is 5.97. The van der Waals surface area contributed by atoms with E-state index in [0.29, 0.717) is 36.2 Å². The molecular formula is C23H38ClN7O5S. The Kier molecular flexibility index (Phi) is 11.5. The molecule has 0 bridgehead atoms. The molecule has 14 heteroatoms. The van der Waals surface area contributed by atoms with E-state index in [2.05, 4.69) is 24.9 Å². The maximum Gasteiger partial charge on any atom is 0.328 e. The molecule has 1 aliphatic carbocycles. The highest BCUT2D eigenvalue weighted by Crippen LogP contribution is 2.32. The van der Waals surface area contributed by atoms with E-state index >= 15 is 0 Å². The van der Waals surface area contributed by atoms with Gasteiger partial charge in [-0.3, -0.25) is 4.57 Å². The number of hydrogen-bond donors (Lipinski definition) is 3. The Labute approximate surface area is 224 Å². The summed E-state index contributed by atoms with van der Waals surface area (Å²) < 4.78 is 32.4. The molecule has 1 amide bonds. The van der Waals surface area contributed by atoms with Crippen LogP contribution in [0.1, 0.15) is 44.9 Å². The minimum Gasteiger partial charge on any atom is -0.467 e. The zero-order valence-corrected chi connectivity index (χ0v) is 23.2. The Morgan fingerprint density at radius 1 is 1.24 bits per heavy atom. The Bertz CT molecular complexity index is 1150. The number of rotatable bonds is 11. The summed E-state index contributed by atoms with van der Waals surface area (Å²) in [6.45, 7) is 0.508. The fraction of sp³-hybridized carbons (Fsp3) is 0.652. The first-order valence-corrected chi connectivity index (χ1v) is 13.9. The second kappa shape index (κ2) is 13.9. The smallest absolute Gasteiger partial charge is 0.328 e. The summed E-state index contributed by atoms with van der Waals surface area (Å²) >= 11 is 0. The average Bonchev–Trinajstić information content (AvgIpc) is 3.32. The number of fused-ring (bicyclic) bond motifs is 1. The van der Waals surface area contributed by atoms with E-state index in [4.69, 9.17) is 10.5 Å². The number of anilines is 1. The van der Waals surface area contributed by atoms with Gasteiger partial charge in [-0.1, -0.05) is 0 Å². The van der Waals surface area contributed by atoms with Gasteiger partial charge in [0.25, 0.3) is 0 Å². The predicted octanol–water partition coefficient (Wildman–Crippen LogP) is 1.63. The SMILES string of the molecule is CNS(=O)(=O)C[C@H]1CC[C@H](N(C)c2ncnc3c2ccn3C(=O)N[C@@H](CCCCN)C(=O)OC)CC1.Cl. The number of carbonyl (C=O) groups excluding carboxylic acids is 2. The number of nitrogens with zero attached hydrogens (tertiary/aromatic N) is 4. The maximum atomic E-state index is 13.0. The van der Waals surface area contributed by atoms with Crippen LogP contribution < -0.4 is 20.7 Å². The molecule has 0 saturated heterocycles. The average molecular weight is 560 g/mol. The Morgan fingerprint density at radius 3 is 2.57 bits per heavy atom. The summed E-state index contributed by atoms with van der Waals surface area (Å²) in [5.74, 6) is 0.472. The highest BCUT2D eigenvalue weighted by molar-refractivity contribution is 7.89. The van der Waals surface area contributed by atoms with E-state index in [1.54, 1.807) is 12.3 Å². The topological polar surface area (TPSA) is 162 Å². The molecule has 37 heavy (non-hydrogen) atoms. The van der Waals surface area contributed by atoms with Crippen LogP contribution in [0.2, 0.25) is 0 Å². The van der Waals surface area contributed by atoms with Crippen LogP contribution in [0.5, 0.6) is 0 Å². The van der Waals surface area contributed by atoms with Gasteiger partial charge < -0.3 is 20.7 Å².